The maximum Gasteiger partial charge on any atom is 0.236 e. The number of likely N-dealkylation sites (tertiary alicyclic amines) is 1. The van der Waals surface area contributed by atoms with Gasteiger partial charge in [-0.3, -0.25) is 19.3 Å². The summed E-state index contributed by atoms with van der Waals surface area (Å²) in [5.74, 6) is -1.25. The van der Waals surface area contributed by atoms with Crippen LogP contribution in [0.3, 0.4) is 0 Å². The Bertz CT molecular complexity index is 1260. The van der Waals surface area contributed by atoms with Gasteiger partial charge in [0.1, 0.15) is 0 Å². The quantitative estimate of drug-likeness (QED) is 0.349. The highest BCUT2D eigenvalue weighted by atomic mass is 16.2. The maximum atomic E-state index is 14.2. The number of rotatable bonds is 10. The molecule has 1 aliphatic heterocycles. The summed E-state index contributed by atoms with van der Waals surface area (Å²) in [5.41, 5.74) is 4.54. The Hall–Kier alpha value is -3.61. The Kier molecular flexibility index (Phi) is 9.67. The van der Waals surface area contributed by atoms with Gasteiger partial charge in [0.05, 0.1) is 6.54 Å². The molecule has 6 heteroatoms. The number of benzene rings is 3. The van der Waals surface area contributed by atoms with E-state index < -0.39 is 11.8 Å². The van der Waals surface area contributed by atoms with Crippen LogP contribution >= 0.6 is 0 Å². The van der Waals surface area contributed by atoms with Crippen molar-refractivity contribution in [2.75, 3.05) is 53.9 Å². The van der Waals surface area contributed by atoms with E-state index in [4.69, 9.17) is 0 Å². The predicted molar refractivity (Wildman–Crippen MR) is 160 cm³/mol. The average Bonchev–Trinajstić information content (AvgIpc) is 2.97. The van der Waals surface area contributed by atoms with Crippen molar-refractivity contribution in [3.63, 3.8) is 0 Å². The van der Waals surface area contributed by atoms with E-state index >= 15 is 0 Å². The first-order chi connectivity index (χ1) is 19.2. The minimum absolute atomic E-state index is 0.00970. The lowest BCUT2D eigenvalue weighted by Gasteiger charge is -2.43. The maximum absolute atomic E-state index is 14.2. The molecule has 0 N–H and O–H groups in total. The van der Waals surface area contributed by atoms with Crippen molar-refractivity contribution in [1.82, 2.24) is 14.7 Å². The van der Waals surface area contributed by atoms with Gasteiger partial charge in [0.25, 0.3) is 0 Å². The second-order valence-corrected chi connectivity index (χ2v) is 11.3. The molecule has 6 nitrogen and oxygen atoms in total. The van der Waals surface area contributed by atoms with Crippen molar-refractivity contribution in [3.8, 4) is 0 Å². The smallest absolute Gasteiger partial charge is 0.236 e. The summed E-state index contributed by atoms with van der Waals surface area (Å²) >= 11 is 0. The predicted octanol–water partition coefficient (Wildman–Crippen LogP) is 4.72. The first-order valence-electron chi connectivity index (χ1n) is 14.0. The second-order valence-electron chi connectivity index (χ2n) is 11.3. The van der Waals surface area contributed by atoms with Crippen molar-refractivity contribution >= 4 is 17.5 Å². The van der Waals surface area contributed by atoms with Crippen LogP contribution in [0.4, 0.5) is 0 Å². The summed E-state index contributed by atoms with van der Waals surface area (Å²) in [5, 5.41) is 0. The molecule has 0 aliphatic carbocycles. The fourth-order valence-electron chi connectivity index (χ4n) is 5.75. The van der Waals surface area contributed by atoms with E-state index in [9.17, 15) is 14.4 Å². The molecule has 3 aromatic carbocycles. The van der Waals surface area contributed by atoms with Gasteiger partial charge in [-0.2, -0.15) is 0 Å². The molecule has 210 valence electrons. The molecule has 0 spiro atoms. The van der Waals surface area contributed by atoms with E-state index in [1.54, 1.807) is 4.90 Å². The van der Waals surface area contributed by atoms with Crippen LogP contribution in [0.5, 0.6) is 0 Å². The van der Waals surface area contributed by atoms with E-state index in [0.717, 1.165) is 23.2 Å². The molecule has 0 bridgehead atoms. The van der Waals surface area contributed by atoms with Crippen LogP contribution in [-0.2, 0) is 4.79 Å². The number of likely N-dealkylation sites (N-methyl/N-ethyl adjacent to an activating group) is 2. The number of hydrogen-bond donors (Lipinski definition) is 0. The molecule has 0 saturated carbocycles. The van der Waals surface area contributed by atoms with Gasteiger partial charge < -0.3 is 9.80 Å². The third-order valence-corrected chi connectivity index (χ3v) is 8.24. The van der Waals surface area contributed by atoms with Crippen molar-refractivity contribution in [3.05, 3.63) is 107 Å². The molecular formula is C34H41N3O3. The van der Waals surface area contributed by atoms with Crippen molar-refractivity contribution < 1.29 is 14.4 Å². The van der Waals surface area contributed by atoms with Crippen LogP contribution in [0, 0.1) is 25.7 Å². The van der Waals surface area contributed by atoms with Gasteiger partial charge in [0.2, 0.25) is 5.91 Å². The topological polar surface area (TPSA) is 60.9 Å². The molecular weight excluding hydrogens is 498 g/mol. The molecule has 2 unspecified atom stereocenters. The van der Waals surface area contributed by atoms with Gasteiger partial charge in [-0.1, -0.05) is 78.9 Å². The highest BCUT2D eigenvalue weighted by molar-refractivity contribution is 6.02. The standard InChI is InChI=1S/C34H41N3O3/c1-24-13-12-18-28(25(24)2)32-29(33(39)26-14-8-6-9-15-26)21-37(23-31(38)36(5)20-19-35(3)4)22-30(32)34(40)27-16-10-7-11-17-27/h6-18,29-30,32H,19-23H2,1-5H3. The highest BCUT2D eigenvalue weighted by Gasteiger charge is 2.45. The average molecular weight is 540 g/mol. The summed E-state index contributed by atoms with van der Waals surface area (Å²) in [6, 6.07) is 24.8. The molecule has 0 radical (unpaired) electrons. The van der Waals surface area contributed by atoms with Gasteiger partial charge in [-0.15, -0.1) is 0 Å². The van der Waals surface area contributed by atoms with E-state index in [2.05, 4.69) is 26.0 Å². The van der Waals surface area contributed by atoms with Gasteiger partial charge in [0, 0.05) is 62.1 Å². The first kappa shape index (κ1) is 29.4. The largest absolute Gasteiger partial charge is 0.343 e. The lowest BCUT2D eigenvalue weighted by molar-refractivity contribution is -0.131. The summed E-state index contributed by atoms with van der Waals surface area (Å²) in [6.07, 6.45) is 0. The Morgan fingerprint density at radius 3 is 1.75 bits per heavy atom. The number of carbonyl (C=O) groups is 3. The van der Waals surface area contributed by atoms with Crippen molar-refractivity contribution in [2.45, 2.75) is 19.8 Å². The molecule has 1 aliphatic rings. The van der Waals surface area contributed by atoms with Gasteiger partial charge >= 0.3 is 0 Å². The fourth-order valence-corrected chi connectivity index (χ4v) is 5.75. The van der Waals surface area contributed by atoms with Crippen LogP contribution in [-0.4, -0.2) is 86.0 Å². The first-order valence-corrected chi connectivity index (χ1v) is 14.0. The Labute approximate surface area is 238 Å². The van der Waals surface area contributed by atoms with Crippen LogP contribution in [0.1, 0.15) is 43.3 Å². The minimum Gasteiger partial charge on any atom is -0.343 e. The van der Waals surface area contributed by atoms with Crippen molar-refractivity contribution in [2.24, 2.45) is 11.8 Å². The number of hydrogen-bond acceptors (Lipinski definition) is 5. The van der Waals surface area contributed by atoms with E-state index in [1.807, 2.05) is 97.7 Å². The number of Topliss-reactive ketones (excluding diaryl/α,β-unsaturated/α-hetero) is 2. The SMILES string of the molecule is Cc1cccc(C2C(C(=O)c3ccccc3)CN(CC(=O)N(C)CCN(C)C)CC2C(=O)c2ccccc2)c1C. The highest BCUT2D eigenvalue weighted by Crippen LogP contribution is 2.42. The third-order valence-electron chi connectivity index (χ3n) is 8.24. The molecule has 1 heterocycles. The number of aryl methyl sites for hydroxylation is 1. The monoisotopic (exact) mass is 539 g/mol. The summed E-state index contributed by atoms with van der Waals surface area (Å²) in [4.78, 5) is 47.4. The van der Waals surface area contributed by atoms with Crippen LogP contribution in [0.25, 0.3) is 0 Å². The summed E-state index contributed by atoms with van der Waals surface area (Å²) < 4.78 is 0. The number of nitrogens with zero attached hydrogens (tertiary/aromatic N) is 3. The lowest BCUT2D eigenvalue weighted by Crippen LogP contribution is -2.53. The number of amides is 1. The molecule has 1 fully saturated rings. The molecule has 1 amide bonds. The number of carbonyl (C=O) groups excluding carboxylic acids is 3. The van der Waals surface area contributed by atoms with Crippen LogP contribution < -0.4 is 0 Å². The lowest BCUT2D eigenvalue weighted by atomic mass is 9.67. The molecule has 40 heavy (non-hydrogen) atoms. The zero-order chi connectivity index (χ0) is 28.8. The van der Waals surface area contributed by atoms with Crippen molar-refractivity contribution in [1.29, 1.82) is 0 Å². The Morgan fingerprint density at radius 2 is 1.25 bits per heavy atom. The summed E-state index contributed by atoms with van der Waals surface area (Å²) in [7, 11) is 5.78. The molecule has 3 aromatic rings. The zero-order valence-corrected chi connectivity index (χ0v) is 24.3. The van der Waals surface area contributed by atoms with E-state index in [-0.39, 0.29) is 29.9 Å². The summed E-state index contributed by atoms with van der Waals surface area (Å²) in [6.45, 7) is 6.52. The van der Waals surface area contributed by atoms with Gasteiger partial charge in [-0.05, 0) is 44.6 Å². The Balaban J connectivity index is 1.76. The molecule has 1 saturated heterocycles. The fraction of sp³-hybridized carbons (Fsp3) is 0.382. The Morgan fingerprint density at radius 1 is 0.725 bits per heavy atom. The van der Waals surface area contributed by atoms with E-state index in [1.165, 1.54) is 0 Å². The number of piperidine rings is 1. The normalized spacial score (nSPS) is 19.4. The van der Waals surface area contributed by atoms with Crippen LogP contribution in [0.2, 0.25) is 0 Å². The van der Waals surface area contributed by atoms with Crippen LogP contribution in [0.15, 0.2) is 78.9 Å². The minimum atomic E-state index is -0.478. The molecule has 0 aromatic heterocycles. The zero-order valence-electron chi connectivity index (χ0n) is 24.3. The third kappa shape index (κ3) is 6.75. The molecule has 2 atom stereocenters. The van der Waals surface area contributed by atoms with Gasteiger partial charge in [0.15, 0.2) is 11.6 Å². The van der Waals surface area contributed by atoms with Gasteiger partial charge in [-0.25, -0.2) is 0 Å². The molecule has 4 rings (SSSR count). The second kappa shape index (κ2) is 13.2. The van der Waals surface area contributed by atoms with E-state index in [0.29, 0.717) is 30.8 Å². The number of ketones is 2.